The van der Waals surface area contributed by atoms with E-state index in [0.29, 0.717) is 22.2 Å². The number of halogens is 1. The van der Waals surface area contributed by atoms with Crippen LogP contribution in [0.2, 0.25) is 5.28 Å². The Hall–Kier alpha value is -2.00. The van der Waals surface area contributed by atoms with Crippen LogP contribution in [0, 0.1) is 6.92 Å². The average molecular weight is 296 g/mol. The third-order valence-corrected chi connectivity index (χ3v) is 2.84. The first-order chi connectivity index (χ1) is 9.20. The summed E-state index contributed by atoms with van der Waals surface area (Å²) in [6, 6.07) is 1.76. The van der Waals surface area contributed by atoms with Crippen molar-refractivity contribution in [3.8, 4) is 5.95 Å². The summed E-state index contributed by atoms with van der Waals surface area (Å²) in [6.07, 6.45) is 3.32. The number of aromatic nitrogens is 7. The molecular weight excluding hydrogens is 290 g/mol. The van der Waals surface area contributed by atoms with Gasteiger partial charge in [0.1, 0.15) is 0 Å². The maximum absolute atomic E-state index is 5.86. The first kappa shape index (κ1) is 12.1. The summed E-state index contributed by atoms with van der Waals surface area (Å²) >= 11 is 6.96. The van der Waals surface area contributed by atoms with Crippen molar-refractivity contribution in [1.82, 2.24) is 34.9 Å². The van der Waals surface area contributed by atoms with Crippen LogP contribution in [0.15, 0.2) is 33.3 Å². The number of rotatable bonds is 3. The molecule has 0 aliphatic rings. The molecule has 19 heavy (non-hydrogen) atoms. The minimum Gasteiger partial charge on any atom is -0.416 e. The topological polar surface area (TPSA) is 95.4 Å². The molecule has 0 radical (unpaired) electrons. The Balaban J connectivity index is 1.94. The predicted molar refractivity (Wildman–Crippen MR) is 65.1 cm³/mol. The van der Waals surface area contributed by atoms with E-state index in [4.69, 9.17) is 16.0 Å². The van der Waals surface area contributed by atoms with Crippen LogP contribution in [0.3, 0.4) is 0 Å². The van der Waals surface area contributed by atoms with Gasteiger partial charge in [-0.2, -0.15) is 20.1 Å². The van der Waals surface area contributed by atoms with E-state index in [1.165, 1.54) is 4.68 Å². The van der Waals surface area contributed by atoms with Gasteiger partial charge < -0.3 is 4.42 Å². The molecule has 3 aromatic rings. The molecule has 0 unspecified atom stereocenters. The van der Waals surface area contributed by atoms with Gasteiger partial charge in [-0.3, -0.25) is 0 Å². The molecule has 0 atom stereocenters. The minimum absolute atomic E-state index is 0.0687. The maximum atomic E-state index is 5.86. The van der Waals surface area contributed by atoms with Crippen LogP contribution >= 0.6 is 23.4 Å². The fourth-order valence-electron chi connectivity index (χ4n) is 1.25. The van der Waals surface area contributed by atoms with Crippen LogP contribution in [-0.4, -0.2) is 34.9 Å². The average Bonchev–Trinajstić information content (AvgIpc) is 3.00. The van der Waals surface area contributed by atoms with Gasteiger partial charge in [0.2, 0.25) is 16.3 Å². The summed E-state index contributed by atoms with van der Waals surface area (Å²) in [5.74, 6) is 0.790. The lowest BCUT2D eigenvalue weighted by atomic mass is 10.7. The molecule has 0 N–H and O–H groups in total. The Bertz CT molecular complexity index is 698. The van der Waals surface area contributed by atoms with Gasteiger partial charge in [0, 0.05) is 31.1 Å². The molecule has 0 amide bonds. The van der Waals surface area contributed by atoms with E-state index in [1.807, 2.05) is 0 Å². The third-order valence-electron chi connectivity index (χ3n) is 1.97. The molecule has 0 aliphatic carbocycles. The highest BCUT2D eigenvalue weighted by atomic mass is 35.5. The minimum atomic E-state index is 0.0687. The Kier molecular flexibility index (Phi) is 3.13. The molecule has 3 aromatic heterocycles. The summed E-state index contributed by atoms with van der Waals surface area (Å²) in [5.41, 5.74) is 0. The number of hydrogen-bond acceptors (Lipinski definition) is 8. The molecule has 10 heteroatoms. The molecule has 96 valence electrons. The molecule has 8 nitrogen and oxygen atoms in total. The standard InChI is InChI=1S/C9H6ClN7OS/c1-5-15-16-9(18-5)19-8-13-6(10)12-7(14-8)17-4-2-3-11-17/h2-4H,1H3. The van der Waals surface area contributed by atoms with E-state index in [0.717, 1.165) is 11.8 Å². The Morgan fingerprint density at radius 1 is 1.26 bits per heavy atom. The normalized spacial score (nSPS) is 10.8. The third kappa shape index (κ3) is 2.71. The van der Waals surface area contributed by atoms with Gasteiger partial charge in [-0.1, -0.05) is 0 Å². The molecule has 0 aliphatic heterocycles. The molecule has 0 bridgehead atoms. The second-order valence-electron chi connectivity index (χ2n) is 3.33. The van der Waals surface area contributed by atoms with E-state index < -0.39 is 0 Å². The number of hydrogen-bond donors (Lipinski definition) is 0. The van der Waals surface area contributed by atoms with Crippen LogP contribution in [0.5, 0.6) is 0 Å². The van der Waals surface area contributed by atoms with E-state index in [9.17, 15) is 0 Å². The van der Waals surface area contributed by atoms with Crippen molar-refractivity contribution >= 4 is 23.4 Å². The lowest BCUT2D eigenvalue weighted by Gasteiger charge is -2.01. The highest BCUT2D eigenvalue weighted by Gasteiger charge is 2.12. The van der Waals surface area contributed by atoms with Crippen molar-refractivity contribution in [2.24, 2.45) is 0 Å². The van der Waals surface area contributed by atoms with Crippen molar-refractivity contribution in [3.63, 3.8) is 0 Å². The fourth-order valence-corrected chi connectivity index (χ4v) is 2.12. The smallest absolute Gasteiger partial charge is 0.284 e. The monoisotopic (exact) mass is 295 g/mol. The first-order valence-electron chi connectivity index (χ1n) is 5.10. The summed E-state index contributed by atoms with van der Waals surface area (Å²) in [7, 11) is 0. The zero-order valence-corrected chi connectivity index (χ0v) is 11.1. The quantitative estimate of drug-likeness (QED) is 0.718. The van der Waals surface area contributed by atoms with E-state index >= 15 is 0 Å². The van der Waals surface area contributed by atoms with Crippen molar-refractivity contribution in [1.29, 1.82) is 0 Å². The summed E-state index contributed by atoms with van der Waals surface area (Å²) in [4.78, 5) is 12.2. The number of aryl methyl sites for hydroxylation is 1. The highest BCUT2D eigenvalue weighted by Crippen LogP contribution is 2.24. The molecule has 0 fully saturated rings. The second-order valence-corrected chi connectivity index (χ2v) is 4.58. The van der Waals surface area contributed by atoms with Crippen molar-refractivity contribution in [2.45, 2.75) is 17.3 Å². The lowest BCUT2D eigenvalue weighted by molar-refractivity contribution is 0.428. The van der Waals surface area contributed by atoms with Crippen molar-refractivity contribution < 1.29 is 4.42 Å². The molecular formula is C9H6ClN7OS. The molecule has 3 rings (SSSR count). The highest BCUT2D eigenvalue weighted by molar-refractivity contribution is 7.98. The SMILES string of the molecule is Cc1nnc(Sc2nc(Cl)nc(-n3cccn3)n2)o1. The summed E-state index contributed by atoms with van der Waals surface area (Å²) in [5, 5.41) is 12.3. The molecule has 0 aromatic carbocycles. The van der Waals surface area contributed by atoms with E-state index in [-0.39, 0.29) is 5.28 Å². The van der Waals surface area contributed by atoms with Gasteiger partial charge in [-0.25, -0.2) is 4.68 Å². The summed E-state index contributed by atoms with van der Waals surface area (Å²) < 4.78 is 6.72. The molecule has 0 saturated carbocycles. The molecule has 0 saturated heterocycles. The first-order valence-corrected chi connectivity index (χ1v) is 6.30. The van der Waals surface area contributed by atoms with Gasteiger partial charge in [-0.05, 0) is 17.7 Å². The Labute approximate surface area is 116 Å². The van der Waals surface area contributed by atoms with Crippen LogP contribution in [0.4, 0.5) is 0 Å². The molecule has 0 spiro atoms. The van der Waals surface area contributed by atoms with Crippen LogP contribution in [0.1, 0.15) is 5.89 Å². The van der Waals surface area contributed by atoms with Crippen LogP contribution < -0.4 is 0 Å². The van der Waals surface area contributed by atoms with E-state index in [2.05, 4.69) is 30.2 Å². The zero-order valence-electron chi connectivity index (χ0n) is 9.56. The Morgan fingerprint density at radius 2 is 2.16 bits per heavy atom. The summed E-state index contributed by atoms with van der Waals surface area (Å²) in [6.45, 7) is 1.70. The van der Waals surface area contributed by atoms with Gasteiger partial charge >= 0.3 is 0 Å². The predicted octanol–water partition coefficient (Wildman–Crippen LogP) is 1.55. The zero-order chi connectivity index (χ0) is 13.2. The van der Waals surface area contributed by atoms with Gasteiger partial charge in [-0.15, -0.1) is 10.2 Å². The lowest BCUT2D eigenvalue weighted by Crippen LogP contribution is -2.04. The number of nitrogens with zero attached hydrogens (tertiary/aromatic N) is 7. The Morgan fingerprint density at radius 3 is 2.84 bits per heavy atom. The molecule has 3 heterocycles. The van der Waals surface area contributed by atoms with Gasteiger partial charge in [0.05, 0.1) is 0 Å². The van der Waals surface area contributed by atoms with Crippen molar-refractivity contribution in [2.75, 3.05) is 0 Å². The van der Waals surface area contributed by atoms with Gasteiger partial charge in [0.25, 0.3) is 11.2 Å². The van der Waals surface area contributed by atoms with Gasteiger partial charge in [0.15, 0.2) is 0 Å². The van der Waals surface area contributed by atoms with E-state index in [1.54, 1.807) is 25.4 Å². The largest absolute Gasteiger partial charge is 0.416 e. The second kappa shape index (κ2) is 4.94. The van der Waals surface area contributed by atoms with Crippen molar-refractivity contribution in [3.05, 3.63) is 29.6 Å². The maximum Gasteiger partial charge on any atom is 0.284 e. The van der Waals surface area contributed by atoms with Crippen LogP contribution in [0.25, 0.3) is 5.95 Å². The van der Waals surface area contributed by atoms with Crippen LogP contribution in [-0.2, 0) is 0 Å². The fraction of sp³-hybridized carbons (Fsp3) is 0.111.